The molecule has 0 aliphatic heterocycles. The van der Waals surface area contributed by atoms with Crippen molar-refractivity contribution in [2.45, 2.75) is 45.1 Å². The molecule has 0 spiro atoms. The Morgan fingerprint density at radius 2 is 1.52 bits per heavy atom. The van der Waals surface area contributed by atoms with Gasteiger partial charge < -0.3 is 9.67 Å². The first-order valence-corrected chi connectivity index (χ1v) is 11.3. The Kier molecular flexibility index (Phi) is 5.74. The molecule has 1 N–H and O–H groups in total. The molecular formula is C23H28FO2P. The molecule has 0 heterocycles. The number of aliphatic hydroxyl groups is 1. The topological polar surface area (TPSA) is 37.3 Å². The molecule has 27 heavy (non-hydrogen) atoms. The van der Waals surface area contributed by atoms with Crippen molar-refractivity contribution >= 4 is 17.8 Å². The lowest BCUT2D eigenvalue weighted by atomic mass is 9.74. The Hall–Kier alpha value is -1.70. The number of rotatable bonds is 5. The number of allylic oxidation sites excluding steroid dienone is 1. The minimum atomic E-state index is -3.70. The summed E-state index contributed by atoms with van der Waals surface area (Å²) in [4.78, 5) is 0. The molecule has 0 saturated carbocycles. The van der Waals surface area contributed by atoms with Gasteiger partial charge in [0, 0.05) is 10.6 Å². The van der Waals surface area contributed by atoms with E-state index in [0.717, 1.165) is 6.42 Å². The number of benzene rings is 2. The highest BCUT2D eigenvalue weighted by atomic mass is 31.2. The zero-order valence-electron chi connectivity index (χ0n) is 16.2. The van der Waals surface area contributed by atoms with E-state index < -0.39 is 18.7 Å². The molecule has 0 radical (unpaired) electrons. The van der Waals surface area contributed by atoms with Gasteiger partial charge in [0.05, 0.1) is 0 Å². The minimum Gasteiger partial charge on any atom is -0.382 e. The smallest absolute Gasteiger partial charge is 0.193 e. The molecule has 144 valence electrons. The maximum Gasteiger partial charge on any atom is 0.193 e. The van der Waals surface area contributed by atoms with E-state index >= 15 is 4.39 Å². The summed E-state index contributed by atoms with van der Waals surface area (Å²) in [6.07, 6.45) is 3.03. The summed E-state index contributed by atoms with van der Waals surface area (Å²) < 4.78 is 30.5. The molecular weight excluding hydrogens is 358 g/mol. The molecule has 0 unspecified atom stereocenters. The zero-order chi connectivity index (χ0) is 19.7. The standard InChI is InChI=1S/C23H28FO2P/c1-17(2)19-15-14-18(3)23(25,16-19)22(24)27(26,20-10-6-4-7-11-20)21-12-8-5-9-13-21/h4-14,17,19,22,25H,15-16H2,1-3H3/t19-,22+,23-/m1/s1. The second kappa shape index (κ2) is 7.73. The summed E-state index contributed by atoms with van der Waals surface area (Å²) >= 11 is 0. The molecule has 3 rings (SSSR count). The monoisotopic (exact) mass is 386 g/mol. The van der Waals surface area contributed by atoms with Gasteiger partial charge in [-0.3, -0.25) is 0 Å². The summed E-state index contributed by atoms with van der Waals surface area (Å²) in [5.74, 6) is -1.41. The van der Waals surface area contributed by atoms with Crippen LogP contribution in [0.25, 0.3) is 0 Å². The van der Waals surface area contributed by atoms with Crippen molar-refractivity contribution in [1.29, 1.82) is 0 Å². The first kappa shape index (κ1) is 20.0. The van der Waals surface area contributed by atoms with Gasteiger partial charge in [-0.1, -0.05) is 80.6 Å². The molecule has 1 aliphatic rings. The molecule has 0 saturated heterocycles. The predicted molar refractivity (Wildman–Crippen MR) is 111 cm³/mol. The third-order valence-corrected chi connectivity index (χ3v) is 9.11. The second-order valence-corrected chi connectivity index (χ2v) is 10.7. The van der Waals surface area contributed by atoms with E-state index in [1.807, 2.05) is 18.2 Å². The van der Waals surface area contributed by atoms with Crippen molar-refractivity contribution in [2.24, 2.45) is 11.8 Å². The van der Waals surface area contributed by atoms with Crippen molar-refractivity contribution in [1.82, 2.24) is 0 Å². The zero-order valence-corrected chi connectivity index (χ0v) is 17.1. The maximum atomic E-state index is 16.2. The minimum absolute atomic E-state index is 0.164. The molecule has 0 aromatic heterocycles. The molecule has 1 aliphatic carbocycles. The predicted octanol–water partition coefficient (Wildman–Crippen LogP) is 5.04. The fraction of sp³-hybridized carbons (Fsp3) is 0.391. The summed E-state index contributed by atoms with van der Waals surface area (Å²) in [7, 11) is -3.70. The van der Waals surface area contributed by atoms with E-state index in [0.29, 0.717) is 22.1 Å². The quantitative estimate of drug-likeness (QED) is 0.577. The lowest BCUT2D eigenvalue weighted by Gasteiger charge is -2.42. The summed E-state index contributed by atoms with van der Waals surface area (Å²) in [5, 5.41) is 12.4. The first-order chi connectivity index (χ1) is 12.8. The van der Waals surface area contributed by atoms with Crippen LogP contribution in [0, 0.1) is 11.8 Å². The second-order valence-electron chi connectivity index (χ2n) is 7.92. The van der Waals surface area contributed by atoms with Gasteiger partial charge in [-0.15, -0.1) is 0 Å². The molecule has 0 amide bonds. The molecule has 4 heteroatoms. The Morgan fingerprint density at radius 1 is 1.04 bits per heavy atom. The van der Waals surface area contributed by atoms with Crippen LogP contribution in [0.5, 0.6) is 0 Å². The normalized spacial score (nSPS) is 24.5. The molecule has 0 fully saturated rings. The van der Waals surface area contributed by atoms with Gasteiger partial charge >= 0.3 is 0 Å². The SMILES string of the molecule is CC1=CC[C@@H](C(C)C)C[C@]1(O)[C@@H](F)P(=O)(c1ccccc1)c1ccccc1. The molecule has 2 nitrogen and oxygen atoms in total. The van der Waals surface area contributed by atoms with Gasteiger partial charge in [-0.2, -0.15) is 0 Å². The van der Waals surface area contributed by atoms with Crippen LogP contribution in [0.2, 0.25) is 0 Å². The van der Waals surface area contributed by atoms with Crippen molar-refractivity contribution < 1.29 is 14.1 Å². The third-order valence-electron chi connectivity index (χ3n) is 5.92. The van der Waals surface area contributed by atoms with Gasteiger partial charge in [0.1, 0.15) is 5.60 Å². The van der Waals surface area contributed by atoms with Gasteiger partial charge in [0.2, 0.25) is 0 Å². The van der Waals surface area contributed by atoms with Crippen LogP contribution >= 0.6 is 7.14 Å². The summed E-state index contributed by atoms with van der Waals surface area (Å²) in [6, 6.07) is 17.5. The number of hydrogen-bond acceptors (Lipinski definition) is 2. The average Bonchev–Trinajstić information content (AvgIpc) is 2.70. The molecule has 0 bridgehead atoms. The van der Waals surface area contributed by atoms with Crippen LogP contribution in [0.15, 0.2) is 72.3 Å². The maximum absolute atomic E-state index is 16.2. The van der Waals surface area contributed by atoms with Crippen LogP contribution in [0.1, 0.15) is 33.6 Å². The number of hydrogen-bond donors (Lipinski definition) is 1. The van der Waals surface area contributed by atoms with Crippen LogP contribution in [0.4, 0.5) is 4.39 Å². The highest BCUT2D eigenvalue weighted by molar-refractivity contribution is 7.79. The Morgan fingerprint density at radius 3 is 1.96 bits per heavy atom. The van der Waals surface area contributed by atoms with Gasteiger partial charge in [0.15, 0.2) is 13.1 Å². The van der Waals surface area contributed by atoms with E-state index in [1.54, 1.807) is 55.5 Å². The Labute approximate surface area is 161 Å². The highest BCUT2D eigenvalue weighted by Gasteiger charge is 2.53. The van der Waals surface area contributed by atoms with E-state index in [-0.39, 0.29) is 12.3 Å². The van der Waals surface area contributed by atoms with Crippen molar-refractivity contribution in [3.8, 4) is 0 Å². The van der Waals surface area contributed by atoms with Gasteiger partial charge in [0.25, 0.3) is 0 Å². The number of alkyl halides is 1. The van der Waals surface area contributed by atoms with E-state index in [2.05, 4.69) is 13.8 Å². The van der Waals surface area contributed by atoms with Crippen LogP contribution in [0.3, 0.4) is 0 Å². The summed E-state index contributed by atoms with van der Waals surface area (Å²) in [5.41, 5.74) is -1.15. The van der Waals surface area contributed by atoms with Gasteiger partial charge in [-0.05, 0) is 37.2 Å². The number of halogens is 1. The van der Waals surface area contributed by atoms with Crippen LogP contribution in [-0.4, -0.2) is 16.6 Å². The van der Waals surface area contributed by atoms with E-state index in [4.69, 9.17) is 0 Å². The Balaban J connectivity index is 2.14. The van der Waals surface area contributed by atoms with Crippen molar-refractivity contribution in [3.63, 3.8) is 0 Å². The van der Waals surface area contributed by atoms with Crippen molar-refractivity contribution in [3.05, 3.63) is 72.3 Å². The third kappa shape index (κ3) is 3.56. The Bertz CT molecular complexity index is 804. The lowest BCUT2D eigenvalue weighted by Crippen LogP contribution is -2.48. The first-order valence-electron chi connectivity index (χ1n) is 9.54. The van der Waals surface area contributed by atoms with E-state index in [1.165, 1.54) is 0 Å². The largest absolute Gasteiger partial charge is 0.382 e. The highest BCUT2D eigenvalue weighted by Crippen LogP contribution is 2.57. The van der Waals surface area contributed by atoms with Crippen molar-refractivity contribution in [2.75, 3.05) is 0 Å². The van der Waals surface area contributed by atoms with Crippen LogP contribution in [-0.2, 0) is 4.57 Å². The van der Waals surface area contributed by atoms with Gasteiger partial charge in [-0.25, -0.2) is 4.39 Å². The fourth-order valence-electron chi connectivity index (χ4n) is 3.95. The molecule has 2 aromatic carbocycles. The lowest BCUT2D eigenvalue weighted by molar-refractivity contribution is -0.00343. The van der Waals surface area contributed by atoms with E-state index in [9.17, 15) is 9.67 Å². The van der Waals surface area contributed by atoms with Crippen LogP contribution < -0.4 is 10.6 Å². The average molecular weight is 386 g/mol. The molecule has 2 aromatic rings. The fourth-order valence-corrected chi connectivity index (χ4v) is 6.91. The molecule has 3 atom stereocenters. The summed E-state index contributed by atoms with van der Waals surface area (Å²) in [6.45, 7) is 5.92.